The van der Waals surface area contributed by atoms with Gasteiger partial charge in [0, 0.05) is 49.4 Å². The summed E-state index contributed by atoms with van der Waals surface area (Å²) in [5.74, 6) is 0. The summed E-state index contributed by atoms with van der Waals surface area (Å²) < 4.78 is 0. The van der Waals surface area contributed by atoms with Gasteiger partial charge in [0.2, 0.25) is 0 Å². The summed E-state index contributed by atoms with van der Waals surface area (Å²) >= 11 is 7.96. The van der Waals surface area contributed by atoms with Gasteiger partial charge in [-0.05, 0) is 36.8 Å². The van der Waals surface area contributed by atoms with Crippen LogP contribution in [0.5, 0.6) is 0 Å². The average Bonchev–Trinajstić information content (AvgIpc) is 3.06. The molecule has 142 valence electrons. The van der Waals surface area contributed by atoms with Crippen LogP contribution in [0.4, 0.5) is 5.69 Å². The van der Waals surface area contributed by atoms with Gasteiger partial charge in [-0.15, -0.1) is 11.3 Å². The Morgan fingerprint density at radius 1 is 1.04 bits per heavy atom. The number of hydrogen-bond acceptors (Lipinski definition) is 5. The highest BCUT2D eigenvalue weighted by Crippen LogP contribution is 2.30. The van der Waals surface area contributed by atoms with Gasteiger partial charge in [-0.2, -0.15) is 5.26 Å². The molecule has 0 aliphatic carbocycles. The number of benzene rings is 2. The second-order valence-electron chi connectivity index (χ2n) is 6.90. The fourth-order valence-corrected chi connectivity index (χ4v) is 4.63. The number of hydrogen-bond donors (Lipinski definition) is 0. The zero-order valence-corrected chi connectivity index (χ0v) is 17.1. The molecule has 28 heavy (non-hydrogen) atoms. The highest BCUT2D eigenvalue weighted by atomic mass is 35.5. The fourth-order valence-electron chi connectivity index (χ4n) is 3.50. The SMILES string of the molecule is N#Cc1ccc(N2CCCN(Cc3csc(-c4ccccc4Cl)n3)CC2)cc1. The van der Waals surface area contributed by atoms with E-state index < -0.39 is 0 Å². The molecule has 0 bridgehead atoms. The van der Waals surface area contributed by atoms with Crippen molar-refractivity contribution in [2.75, 3.05) is 31.1 Å². The van der Waals surface area contributed by atoms with E-state index in [2.05, 4.69) is 21.2 Å². The van der Waals surface area contributed by atoms with Crippen molar-refractivity contribution in [3.05, 3.63) is 70.2 Å². The third kappa shape index (κ3) is 4.36. The molecule has 0 N–H and O–H groups in total. The molecule has 2 aromatic carbocycles. The average molecular weight is 409 g/mol. The smallest absolute Gasteiger partial charge is 0.125 e. The van der Waals surface area contributed by atoms with Crippen molar-refractivity contribution in [1.82, 2.24) is 9.88 Å². The summed E-state index contributed by atoms with van der Waals surface area (Å²) in [6, 6.07) is 17.9. The quantitative estimate of drug-likeness (QED) is 0.606. The van der Waals surface area contributed by atoms with Gasteiger partial charge in [0.1, 0.15) is 5.01 Å². The van der Waals surface area contributed by atoms with Gasteiger partial charge in [-0.1, -0.05) is 29.8 Å². The van der Waals surface area contributed by atoms with Gasteiger partial charge >= 0.3 is 0 Å². The van der Waals surface area contributed by atoms with Crippen LogP contribution in [0.3, 0.4) is 0 Å². The Morgan fingerprint density at radius 3 is 2.64 bits per heavy atom. The number of anilines is 1. The van der Waals surface area contributed by atoms with Gasteiger partial charge in [0.25, 0.3) is 0 Å². The van der Waals surface area contributed by atoms with Crippen molar-refractivity contribution in [2.24, 2.45) is 0 Å². The van der Waals surface area contributed by atoms with E-state index in [1.165, 1.54) is 5.69 Å². The first kappa shape index (κ1) is 18.9. The molecule has 0 spiro atoms. The van der Waals surface area contributed by atoms with Crippen molar-refractivity contribution in [3.63, 3.8) is 0 Å². The van der Waals surface area contributed by atoms with Gasteiger partial charge in [0.15, 0.2) is 0 Å². The second kappa shape index (κ2) is 8.74. The molecule has 0 unspecified atom stereocenters. The van der Waals surface area contributed by atoms with E-state index in [-0.39, 0.29) is 0 Å². The molecule has 4 nitrogen and oxygen atoms in total. The minimum atomic E-state index is 0.707. The number of halogens is 1. The van der Waals surface area contributed by atoms with Crippen LogP contribution >= 0.6 is 22.9 Å². The van der Waals surface area contributed by atoms with Crippen LogP contribution in [0.2, 0.25) is 5.02 Å². The molecule has 1 fully saturated rings. The molecule has 0 amide bonds. The maximum absolute atomic E-state index is 8.97. The van der Waals surface area contributed by atoms with Gasteiger partial charge in [-0.3, -0.25) is 4.90 Å². The predicted molar refractivity (Wildman–Crippen MR) is 116 cm³/mol. The third-order valence-corrected chi connectivity index (χ3v) is 6.25. The molecule has 1 saturated heterocycles. The molecule has 4 rings (SSSR count). The topological polar surface area (TPSA) is 43.2 Å². The Kier molecular flexibility index (Phi) is 5.92. The van der Waals surface area contributed by atoms with Crippen molar-refractivity contribution in [2.45, 2.75) is 13.0 Å². The summed E-state index contributed by atoms with van der Waals surface area (Å²) in [5.41, 5.74) is 4.00. The lowest BCUT2D eigenvalue weighted by molar-refractivity contribution is 0.282. The molecule has 6 heteroatoms. The highest BCUT2D eigenvalue weighted by molar-refractivity contribution is 7.13. The van der Waals surface area contributed by atoms with Crippen LogP contribution in [0, 0.1) is 11.3 Å². The van der Waals surface area contributed by atoms with Crippen molar-refractivity contribution < 1.29 is 0 Å². The Morgan fingerprint density at radius 2 is 1.86 bits per heavy atom. The lowest BCUT2D eigenvalue weighted by Crippen LogP contribution is -2.30. The monoisotopic (exact) mass is 408 g/mol. The van der Waals surface area contributed by atoms with Crippen LogP contribution in [0.25, 0.3) is 10.6 Å². The lowest BCUT2D eigenvalue weighted by atomic mass is 10.2. The van der Waals surface area contributed by atoms with Gasteiger partial charge < -0.3 is 4.90 Å². The van der Waals surface area contributed by atoms with Crippen LogP contribution < -0.4 is 4.90 Å². The van der Waals surface area contributed by atoms with Crippen LogP contribution in [0.15, 0.2) is 53.9 Å². The molecule has 3 aromatic rings. The molecule has 0 atom stereocenters. The molecule has 2 heterocycles. The van der Waals surface area contributed by atoms with Crippen molar-refractivity contribution in [1.29, 1.82) is 5.26 Å². The number of nitrogens with zero attached hydrogens (tertiary/aromatic N) is 4. The molecule has 1 aromatic heterocycles. The zero-order valence-electron chi connectivity index (χ0n) is 15.5. The summed E-state index contributed by atoms with van der Waals surface area (Å²) in [6.45, 7) is 4.94. The molecule has 0 radical (unpaired) electrons. The van der Waals surface area contributed by atoms with E-state index in [0.29, 0.717) is 5.56 Å². The van der Waals surface area contributed by atoms with E-state index in [9.17, 15) is 0 Å². The Balaban J connectivity index is 1.39. The van der Waals surface area contributed by atoms with Crippen molar-refractivity contribution in [3.8, 4) is 16.6 Å². The number of nitriles is 1. The maximum Gasteiger partial charge on any atom is 0.125 e. The molecule has 1 aliphatic rings. The van der Waals surface area contributed by atoms with Crippen LogP contribution in [-0.4, -0.2) is 36.1 Å². The molecule has 0 saturated carbocycles. The van der Waals surface area contributed by atoms with Crippen LogP contribution in [-0.2, 0) is 6.54 Å². The summed E-state index contributed by atoms with van der Waals surface area (Å²) in [7, 11) is 0. The van der Waals surface area contributed by atoms with E-state index in [0.717, 1.165) is 60.4 Å². The maximum atomic E-state index is 8.97. The van der Waals surface area contributed by atoms with Gasteiger partial charge in [0.05, 0.1) is 22.3 Å². The molecule has 1 aliphatic heterocycles. The zero-order chi connectivity index (χ0) is 19.3. The second-order valence-corrected chi connectivity index (χ2v) is 8.16. The first-order chi connectivity index (χ1) is 13.7. The number of rotatable bonds is 4. The van der Waals surface area contributed by atoms with E-state index in [1.807, 2.05) is 48.5 Å². The fraction of sp³-hybridized carbons (Fsp3) is 0.273. The predicted octanol–water partition coefficient (Wildman–Crippen LogP) is 5.05. The molecular weight excluding hydrogens is 388 g/mol. The number of aromatic nitrogens is 1. The van der Waals surface area contributed by atoms with Crippen molar-refractivity contribution >= 4 is 28.6 Å². The largest absolute Gasteiger partial charge is 0.370 e. The van der Waals surface area contributed by atoms with E-state index in [4.69, 9.17) is 21.8 Å². The Bertz CT molecular complexity index is 977. The normalized spacial score (nSPS) is 15.2. The standard InChI is InChI=1S/C22H21ClN4S/c23-21-5-2-1-4-20(21)22-25-18(16-28-22)15-26-10-3-11-27(13-12-26)19-8-6-17(14-24)7-9-19/h1-2,4-9,16H,3,10-13,15H2. The first-order valence-electron chi connectivity index (χ1n) is 9.40. The summed E-state index contributed by atoms with van der Waals surface area (Å²) in [4.78, 5) is 9.68. The molecular formula is C22H21ClN4S. The van der Waals surface area contributed by atoms with E-state index >= 15 is 0 Å². The number of thiazole rings is 1. The minimum Gasteiger partial charge on any atom is -0.370 e. The minimum absolute atomic E-state index is 0.707. The van der Waals surface area contributed by atoms with Gasteiger partial charge in [-0.25, -0.2) is 4.98 Å². The Hall–Kier alpha value is -2.39. The third-order valence-electron chi connectivity index (χ3n) is 4.99. The highest BCUT2D eigenvalue weighted by Gasteiger charge is 2.17. The van der Waals surface area contributed by atoms with Crippen LogP contribution in [0.1, 0.15) is 17.7 Å². The summed E-state index contributed by atoms with van der Waals surface area (Å²) in [6.07, 6.45) is 1.11. The first-order valence-corrected chi connectivity index (χ1v) is 10.7. The summed E-state index contributed by atoms with van der Waals surface area (Å²) in [5, 5.41) is 12.8. The lowest BCUT2D eigenvalue weighted by Gasteiger charge is -2.23. The van der Waals surface area contributed by atoms with E-state index in [1.54, 1.807) is 11.3 Å². The Labute approximate surface area is 174 Å².